The van der Waals surface area contributed by atoms with Crippen molar-refractivity contribution in [2.24, 2.45) is 0 Å². The molecule has 15 heteroatoms. The number of fused-ring (bicyclic) bond motifs is 4. The van der Waals surface area contributed by atoms with Crippen LogP contribution in [0.1, 0.15) is 64.7 Å². The molecule has 3 amide bonds. The summed E-state index contributed by atoms with van der Waals surface area (Å²) in [5, 5.41) is 6.15. The van der Waals surface area contributed by atoms with Gasteiger partial charge in [-0.05, 0) is 72.6 Å². The van der Waals surface area contributed by atoms with Gasteiger partial charge in [0.25, 0.3) is 5.91 Å². The maximum Gasteiger partial charge on any atom is 0.407 e. The third-order valence-corrected chi connectivity index (χ3v) is 10.3. The van der Waals surface area contributed by atoms with Crippen molar-refractivity contribution in [2.45, 2.75) is 77.7 Å². The van der Waals surface area contributed by atoms with Crippen LogP contribution in [0.2, 0.25) is 0 Å². The fourth-order valence-corrected chi connectivity index (χ4v) is 7.91. The Morgan fingerprint density at radius 2 is 1.33 bits per heavy atom. The molecule has 0 bridgehead atoms. The Hall–Kier alpha value is -6.25. The lowest BCUT2D eigenvalue weighted by Gasteiger charge is -2.24. The first-order valence-corrected chi connectivity index (χ1v) is 18.9. The number of nitrogens with zero attached hydrogens (tertiary/aromatic N) is 3. The average molecular weight is 780 g/mol. The SMILES string of the molecule is CC(C)(C)OC(=O)NC1CCN(C(=O)c2cn3c4cc5c(=O)c6ccccc6c(=O)c5cc4oc4c(N5CCC(NC(=O)OC(C)(C)C)C5)c(F)cc(c2=O)c43)C1. The molecule has 0 spiro atoms. The van der Waals surface area contributed by atoms with Crippen LogP contribution in [0.15, 0.2) is 67.5 Å². The van der Waals surface area contributed by atoms with Gasteiger partial charge >= 0.3 is 12.2 Å². The standard InChI is InChI=1S/C42H42FN5O9/c1-41(2,3)56-39(53)44-21-11-13-46(18-21)33-29(43)15-27-32-37(33)55-31-17-26-25(34(49)23-9-7-8-10-24(23)35(26)50)16-30(31)48(32)20-28(36(27)51)38(52)47-14-12-22(19-47)45-40(54)57-42(4,5)6/h7-10,15-17,20-22H,11-14,18-19H2,1-6H3,(H,44,53)(H,45,54). The van der Waals surface area contributed by atoms with Crippen molar-refractivity contribution in [3.8, 4) is 0 Å². The molecule has 0 aliphatic carbocycles. The molecule has 0 saturated carbocycles. The number of rotatable bonds is 4. The molecule has 2 aliphatic rings. The van der Waals surface area contributed by atoms with Crippen LogP contribution in [-0.2, 0) is 9.47 Å². The molecule has 8 rings (SSSR count). The van der Waals surface area contributed by atoms with E-state index >= 15 is 4.39 Å². The van der Waals surface area contributed by atoms with E-state index in [4.69, 9.17) is 13.9 Å². The second-order valence-corrected chi connectivity index (χ2v) is 16.8. The summed E-state index contributed by atoms with van der Waals surface area (Å²) in [7, 11) is 0. The van der Waals surface area contributed by atoms with Gasteiger partial charge < -0.3 is 38.7 Å². The lowest BCUT2D eigenvalue weighted by molar-refractivity contribution is 0.0494. The summed E-state index contributed by atoms with van der Waals surface area (Å²) in [6, 6.07) is 9.68. The number of alkyl carbamates (subject to hydrolysis) is 2. The van der Waals surface area contributed by atoms with E-state index in [2.05, 4.69) is 10.6 Å². The normalized spacial score (nSPS) is 17.7. The van der Waals surface area contributed by atoms with Crippen LogP contribution in [0, 0.1) is 5.82 Å². The van der Waals surface area contributed by atoms with Gasteiger partial charge in [0.05, 0.1) is 23.0 Å². The lowest BCUT2D eigenvalue weighted by Crippen LogP contribution is -2.41. The fraction of sp³-hybridized carbons (Fsp3) is 0.381. The van der Waals surface area contributed by atoms with E-state index in [1.54, 1.807) is 75.1 Å². The van der Waals surface area contributed by atoms with Crippen molar-refractivity contribution < 1.29 is 32.7 Å². The van der Waals surface area contributed by atoms with Crippen molar-refractivity contribution in [3.05, 3.63) is 90.7 Å². The first-order chi connectivity index (χ1) is 26.9. The molecule has 296 valence electrons. The van der Waals surface area contributed by atoms with Gasteiger partial charge in [-0.15, -0.1) is 0 Å². The zero-order valence-electron chi connectivity index (χ0n) is 32.4. The Kier molecular flexibility index (Phi) is 8.89. The molecule has 57 heavy (non-hydrogen) atoms. The highest BCUT2D eigenvalue weighted by atomic mass is 19.1. The summed E-state index contributed by atoms with van der Waals surface area (Å²) in [4.78, 5) is 84.3. The van der Waals surface area contributed by atoms with Crippen molar-refractivity contribution in [3.63, 3.8) is 0 Å². The highest BCUT2D eigenvalue weighted by Gasteiger charge is 2.34. The number of ether oxygens (including phenoxy) is 2. The van der Waals surface area contributed by atoms with Crippen molar-refractivity contribution in [1.82, 2.24) is 19.9 Å². The van der Waals surface area contributed by atoms with Gasteiger partial charge in [-0.3, -0.25) is 19.2 Å². The summed E-state index contributed by atoms with van der Waals surface area (Å²) in [6.45, 7) is 11.3. The molecule has 2 unspecified atom stereocenters. The monoisotopic (exact) mass is 779 g/mol. The van der Waals surface area contributed by atoms with Crippen LogP contribution in [0.3, 0.4) is 0 Å². The number of hydrogen-bond acceptors (Lipinski definition) is 10. The number of carbonyl (C=O) groups excluding carboxylic acids is 3. The third-order valence-electron chi connectivity index (χ3n) is 10.3. The van der Waals surface area contributed by atoms with Gasteiger partial charge in [0.2, 0.25) is 5.43 Å². The second-order valence-electron chi connectivity index (χ2n) is 16.8. The molecule has 0 radical (unpaired) electrons. The first-order valence-electron chi connectivity index (χ1n) is 18.9. The summed E-state index contributed by atoms with van der Waals surface area (Å²) < 4.78 is 35.4. The molecule has 2 fully saturated rings. The van der Waals surface area contributed by atoms with Gasteiger partial charge in [0.1, 0.15) is 28.0 Å². The lowest BCUT2D eigenvalue weighted by atomic mass is 10.0. The summed E-state index contributed by atoms with van der Waals surface area (Å²) in [6.07, 6.45) is 0.990. The number of anilines is 1. The molecular formula is C42H42FN5O9. The molecule has 4 heterocycles. The number of pyridine rings is 1. The number of nitrogens with one attached hydrogen (secondary N) is 2. The van der Waals surface area contributed by atoms with E-state index < -0.39 is 58.1 Å². The second kappa shape index (κ2) is 13.5. The molecule has 4 aromatic carbocycles. The molecule has 2 atom stereocenters. The predicted octanol–water partition coefficient (Wildman–Crippen LogP) is 5.65. The largest absolute Gasteiger partial charge is 0.451 e. The highest BCUT2D eigenvalue weighted by Crippen LogP contribution is 2.38. The molecule has 2 aromatic heterocycles. The number of aromatic nitrogens is 1. The first kappa shape index (κ1) is 37.7. The Morgan fingerprint density at radius 1 is 0.754 bits per heavy atom. The van der Waals surface area contributed by atoms with Gasteiger partial charge in [-0.1, -0.05) is 24.3 Å². The van der Waals surface area contributed by atoms with E-state index in [1.165, 1.54) is 23.2 Å². The van der Waals surface area contributed by atoms with Crippen LogP contribution in [0.5, 0.6) is 0 Å². The minimum absolute atomic E-state index is 0.0231. The predicted molar refractivity (Wildman–Crippen MR) is 213 cm³/mol. The molecule has 2 N–H and O–H groups in total. The van der Waals surface area contributed by atoms with Crippen molar-refractivity contribution in [1.29, 1.82) is 0 Å². The van der Waals surface area contributed by atoms with Gasteiger partial charge in [-0.2, -0.15) is 0 Å². The number of halogens is 1. The summed E-state index contributed by atoms with van der Waals surface area (Å²) in [5.74, 6) is -1.43. The Balaban J connectivity index is 1.28. The van der Waals surface area contributed by atoms with E-state index in [0.29, 0.717) is 19.4 Å². The Bertz CT molecular complexity index is 2860. The average Bonchev–Trinajstić information content (AvgIpc) is 3.78. The molecular weight excluding hydrogens is 737 g/mol. The minimum atomic E-state index is -0.798. The fourth-order valence-electron chi connectivity index (χ4n) is 7.91. The topological polar surface area (TPSA) is 169 Å². The third kappa shape index (κ3) is 6.84. The van der Waals surface area contributed by atoms with Crippen LogP contribution in [-0.4, -0.2) is 76.9 Å². The van der Waals surface area contributed by atoms with Crippen LogP contribution < -0.4 is 31.8 Å². The Labute approximate surface area is 324 Å². The molecule has 14 nitrogen and oxygen atoms in total. The smallest absolute Gasteiger partial charge is 0.407 e. The number of likely N-dealkylation sites (tertiary alicyclic amines) is 1. The minimum Gasteiger partial charge on any atom is -0.451 e. The van der Waals surface area contributed by atoms with E-state index in [1.807, 2.05) is 0 Å². The quantitative estimate of drug-likeness (QED) is 0.169. The van der Waals surface area contributed by atoms with E-state index in [-0.39, 0.29) is 85.4 Å². The zero-order chi connectivity index (χ0) is 40.7. The molecule has 6 aromatic rings. The van der Waals surface area contributed by atoms with Crippen molar-refractivity contribution in [2.75, 3.05) is 31.1 Å². The van der Waals surface area contributed by atoms with Crippen LogP contribution in [0.25, 0.3) is 49.1 Å². The summed E-state index contributed by atoms with van der Waals surface area (Å²) in [5.41, 5.74) is -2.70. The maximum atomic E-state index is 16.6. The Morgan fingerprint density at radius 3 is 1.95 bits per heavy atom. The molecule has 2 saturated heterocycles. The number of hydrogen-bond donors (Lipinski definition) is 2. The van der Waals surface area contributed by atoms with Gasteiger partial charge in [0, 0.05) is 53.9 Å². The van der Waals surface area contributed by atoms with E-state index in [9.17, 15) is 28.8 Å². The van der Waals surface area contributed by atoms with E-state index in [0.717, 1.165) is 6.07 Å². The zero-order valence-corrected chi connectivity index (χ0v) is 32.4. The van der Waals surface area contributed by atoms with Crippen LogP contribution >= 0.6 is 0 Å². The number of carbonyl (C=O) groups is 3. The van der Waals surface area contributed by atoms with Gasteiger partial charge in [-0.25, -0.2) is 14.0 Å². The number of amides is 3. The maximum absolute atomic E-state index is 16.6. The van der Waals surface area contributed by atoms with Gasteiger partial charge in [0.15, 0.2) is 27.8 Å². The van der Waals surface area contributed by atoms with Crippen LogP contribution in [0.4, 0.5) is 19.7 Å². The number of benzene rings is 4. The summed E-state index contributed by atoms with van der Waals surface area (Å²) >= 11 is 0. The van der Waals surface area contributed by atoms with Crippen molar-refractivity contribution >= 4 is 72.9 Å². The highest BCUT2D eigenvalue weighted by molar-refractivity contribution is 6.08. The molecule has 2 aliphatic heterocycles.